The fourth-order valence-electron chi connectivity index (χ4n) is 1.15. The van der Waals surface area contributed by atoms with Crippen LogP contribution in [0.25, 0.3) is 0 Å². The van der Waals surface area contributed by atoms with Crippen molar-refractivity contribution >= 4 is 45.5 Å². The number of amides is 1. The fourth-order valence-corrected chi connectivity index (χ4v) is 2.31. The third-order valence-electron chi connectivity index (χ3n) is 1.91. The van der Waals surface area contributed by atoms with Crippen molar-refractivity contribution in [1.29, 1.82) is 0 Å². The third-order valence-corrected chi connectivity index (χ3v) is 3.53. The summed E-state index contributed by atoms with van der Waals surface area (Å²) in [7, 11) is 0. The van der Waals surface area contributed by atoms with Gasteiger partial charge in [-0.1, -0.05) is 12.1 Å². The van der Waals surface area contributed by atoms with E-state index in [1.165, 1.54) is 11.3 Å². The molecule has 0 bridgehead atoms. The average molecular weight is 329 g/mol. The van der Waals surface area contributed by atoms with Crippen molar-refractivity contribution < 1.29 is 4.79 Å². The van der Waals surface area contributed by atoms with Crippen LogP contribution in [0, 0.1) is 3.57 Å². The molecule has 1 N–H and O–H groups in total. The molecule has 0 fully saturated rings. The van der Waals surface area contributed by atoms with Crippen LogP contribution in [0.1, 0.15) is 10.4 Å². The Kier molecular flexibility index (Phi) is 3.37. The number of thiophene rings is 1. The van der Waals surface area contributed by atoms with Gasteiger partial charge in [-0.15, -0.1) is 0 Å². The molecular weight excluding hydrogens is 321 g/mol. The maximum Gasteiger partial charge on any atom is 0.256 e. The summed E-state index contributed by atoms with van der Waals surface area (Å²) in [4.78, 5) is 11.7. The van der Waals surface area contributed by atoms with Crippen LogP contribution in [-0.4, -0.2) is 5.91 Å². The largest absolute Gasteiger partial charge is 0.321 e. The Balaban J connectivity index is 2.17. The highest BCUT2D eigenvalue weighted by molar-refractivity contribution is 14.1. The maximum absolute atomic E-state index is 11.7. The Labute approximate surface area is 105 Å². The van der Waals surface area contributed by atoms with Crippen LogP contribution in [-0.2, 0) is 0 Å². The summed E-state index contributed by atoms with van der Waals surface area (Å²) < 4.78 is 1.04. The number of benzene rings is 1. The van der Waals surface area contributed by atoms with Gasteiger partial charge in [-0.3, -0.25) is 4.79 Å². The van der Waals surface area contributed by atoms with E-state index < -0.39 is 0 Å². The summed E-state index contributed by atoms with van der Waals surface area (Å²) in [6.45, 7) is 0. The van der Waals surface area contributed by atoms with Gasteiger partial charge in [-0.2, -0.15) is 11.3 Å². The van der Waals surface area contributed by atoms with Crippen LogP contribution in [0.15, 0.2) is 41.1 Å². The molecule has 1 heterocycles. The van der Waals surface area contributed by atoms with Crippen molar-refractivity contribution in [3.8, 4) is 0 Å². The number of hydrogen-bond acceptors (Lipinski definition) is 2. The molecule has 1 aromatic carbocycles. The van der Waals surface area contributed by atoms with Crippen LogP contribution in [0.5, 0.6) is 0 Å². The maximum atomic E-state index is 11.7. The number of carbonyl (C=O) groups excluding carboxylic acids is 1. The van der Waals surface area contributed by atoms with Crippen LogP contribution in [0.4, 0.5) is 5.69 Å². The number of carbonyl (C=O) groups is 1. The first-order valence-corrected chi connectivity index (χ1v) is 6.37. The molecule has 0 saturated carbocycles. The van der Waals surface area contributed by atoms with Gasteiger partial charge in [-0.05, 0) is 46.2 Å². The van der Waals surface area contributed by atoms with E-state index in [0.29, 0.717) is 5.56 Å². The summed E-state index contributed by atoms with van der Waals surface area (Å²) in [5, 5.41) is 6.60. The molecule has 0 saturated heterocycles. The number of anilines is 1. The molecule has 1 amide bonds. The first kappa shape index (κ1) is 10.6. The molecule has 76 valence electrons. The molecule has 15 heavy (non-hydrogen) atoms. The number of halogens is 1. The number of rotatable bonds is 2. The topological polar surface area (TPSA) is 29.1 Å². The van der Waals surface area contributed by atoms with Gasteiger partial charge >= 0.3 is 0 Å². The minimum Gasteiger partial charge on any atom is -0.321 e. The van der Waals surface area contributed by atoms with E-state index in [9.17, 15) is 4.79 Å². The Morgan fingerprint density at radius 1 is 1.27 bits per heavy atom. The standard InChI is InChI=1S/C11H8INOS/c12-9-3-1-2-4-10(9)13-11(14)8-5-6-15-7-8/h1-7H,(H,13,14). The molecule has 4 heteroatoms. The van der Waals surface area contributed by atoms with Crippen LogP contribution >= 0.6 is 33.9 Å². The van der Waals surface area contributed by atoms with Gasteiger partial charge < -0.3 is 5.32 Å². The number of hydrogen-bond donors (Lipinski definition) is 1. The Morgan fingerprint density at radius 3 is 2.73 bits per heavy atom. The van der Waals surface area contributed by atoms with E-state index in [1.54, 1.807) is 0 Å². The monoisotopic (exact) mass is 329 g/mol. The molecule has 0 aliphatic carbocycles. The molecule has 0 spiro atoms. The molecule has 1 aromatic heterocycles. The Morgan fingerprint density at radius 2 is 2.07 bits per heavy atom. The second kappa shape index (κ2) is 4.76. The number of para-hydroxylation sites is 1. The summed E-state index contributed by atoms with van der Waals surface area (Å²) in [5.74, 6) is -0.0552. The summed E-state index contributed by atoms with van der Waals surface area (Å²) >= 11 is 3.72. The Hall–Kier alpha value is -0.880. The molecule has 0 aliphatic rings. The van der Waals surface area contributed by atoms with Gasteiger partial charge in [0.25, 0.3) is 5.91 Å². The first-order valence-electron chi connectivity index (χ1n) is 4.35. The van der Waals surface area contributed by atoms with Crippen LogP contribution in [0.2, 0.25) is 0 Å². The fraction of sp³-hybridized carbons (Fsp3) is 0. The molecule has 0 radical (unpaired) electrons. The highest BCUT2D eigenvalue weighted by Gasteiger charge is 2.07. The van der Waals surface area contributed by atoms with Gasteiger partial charge in [-0.25, -0.2) is 0 Å². The van der Waals surface area contributed by atoms with E-state index in [2.05, 4.69) is 27.9 Å². The lowest BCUT2D eigenvalue weighted by atomic mass is 10.3. The van der Waals surface area contributed by atoms with E-state index in [4.69, 9.17) is 0 Å². The van der Waals surface area contributed by atoms with Crippen molar-refractivity contribution in [3.63, 3.8) is 0 Å². The van der Waals surface area contributed by atoms with Gasteiger partial charge in [0.1, 0.15) is 0 Å². The lowest BCUT2D eigenvalue weighted by Gasteiger charge is -2.05. The lowest BCUT2D eigenvalue weighted by Crippen LogP contribution is -2.11. The molecule has 0 atom stereocenters. The molecule has 2 nitrogen and oxygen atoms in total. The van der Waals surface area contributed by atoms with E-state index in [0.717, 1.165) is 9.26 Å². The van der Waals surface area contributed by atoms with Crippen LogP contribution < -0.4 is 5.32 Å². The van der Waals surface area contributed by atoms with Crippen molar-refractivity contribution in [3.05, 3.63) is 50.2 Å². The van der Waals surface area contributed by atoms with Gasteiger partial charge in [0.05, 0.1) is 11.3 Å². The number of nitrogens with one attached hydrogen (secondary N) is 1. The molecule has 0 unspecified atom stereocenters. The lowest BCUT2D eigenvalue weighted by molar-refractivity contribution is 0.102. The third kappa shape index (κ3) is 2.57. The van der Waals surface area contributed by atoms with Crippen molar-refractivity contribution in [2.45, 2.75) is 0 Å². The second-order valence-electron chi connectivity index (χ2n) is 2.95. The highest BCUT2D eigenvalue weighted by atomic mass is 127. The minimum absolute atomic E-state index is 0.0552. The highest BCUT2D eigenvalue weighted by Crippen LogP contribution is 2.18. The zero-order valence-electron chi connectivity index (χ0n) is 7.74. The van der Waals surface area contributed by atoms with Crippen molar-refractivity contribution in [1.82, 2.24) is 0 Å². The van der Waals surface area contributed by atoms with E-state index >= 15 is 0 Å². The molecule has 2 rings (SSSR count). The van der Waals surface area contributed by atoms with Crippen molar-refractivity contribution in [2.24, 2.45) is 0 Å². The molecule has 2 aromatic rings. The zero-order chi connectivity index (χ0) is 10.7. The summed E-state index contributed by atoms with van der Waals surface area (Å²) in [6, 6.07) is 9.53. The average Bonchev–Trinajstić information content (AvgIpc) is 2.74. The Bertz CT molecular complexity index is 467. The van der Waals surface area contributed by atoms with Gasteiger partial charge in [0.2, 0.25) is 0 Å². The normalized spacial score (nSPS) is 9.93. The van der Waals surface area contributed by atoms with Gasteiger partial charge in [0, 0.05) is 8.95 Å². The summed E-state index contributed by atoms with van der Waals surface area (Å²) in [6.07, 6.45) is 0. The zero-order valence-corrected chi connectivity index (χ0v) is 10.7. The molecular formula is C11H8INOS. The van der Waals surface area contributed by atoms with E-state index in [1.807, 2.05) is 41.1 Å². The first-order chi connectivity index (χ1) is 7.27. The predicted molar refractivity (Wildman–Crippen MR) is 71.4 cm³/mol. The molecule has 0 aliphatic heterocycles. The predicted octanol–water partition coefficient (Wildman–Crippen LogP) is 3.61. The minimum atomic E-state index is -0.0552. The second-order valence-corrected chi connectivity index (χ2v) is 4.89. The van der Waals surface area contributed by atoms with Crippen molar-refractivity contribution in [2.75, 3.05) is 5.32 Å². The smallest absolute Gasteiger partial charge is 0.256 e. The van der Waals surface area contributed by atoms with Gasteiger partial charge in [0.15, 0.2) is 0 Å². The van der Waals surface area contributed by atoms with Crippen LogP contribution in [0.3, 0.4) is 0 Å². The summed E-state index contributed by atoms with van der Waals surface area (Å²) in [5.41, 5.74) is 1.56. The quantitative estimate of drug-likeness (QED) is 0.838. The SMILES string of the molecule is O=C(Nc1ccccc1I)c1ccsc1. The van der Waals surface area contributed by atoms with E-state index in [-0.39, 0.29) is 5.91 Å².